The van der Waals surface area contributed by atoms with Crippen LogP contribution < -0.4 is 0 Å². The van der Waals surface area contributed by atoms with Gasteiger partial charge >= 0.3 is 0 Å². The van der Waals surface area contributed by atoms with Gasteiger partial charge in [-0.15, -0.1) is 0 Å². The molecule has 4 heteroatoms. The van der Waals surface area contributed by atoms with Crippen LogP contribution in [0.1, 0.15) is 5.56 Å². The van der Waals surface area contributed by atoms with Crippen molar-refractivity contribution in [1.29, 1.82) is 0 Å². The van der Waals surface area contributed by atoms with Crippen molar-refractivity contribution in [1.82, 2.24) is 9.80 Å². The highest BCUT2D eigenvalue weighted by Crippen LogP contribution is 2.11. The summed E-state index contributed by atoms with van der Waals surface area (Å²) in [5, 5.41) is 0. The molecule has 1 aliphatic heterocycles. The fraction of sp³-hybridized carbons (Fsp3) is 0.438. The van der Waals surface area contributed by atoms with E-state index in [4.69, 9.17) is 4.74 Å². The summed E-state index contributed by atoms with van der Waals surface area (Å²) in [7, 11) is 3.79. The van der Waals surface area contributed by atoms with E-state index in [9.17, 15) is 4.79 Å². The average molecular weight is 274 g/mol. The van der Waals surface area contributed by atoms with Crippen LogP contribution in [0.4, 0.5) is 0 Å². The van der Waals surface area contributed by atoms with Crippen molar-refractivity contribution in [3.8, 4) is 0 Å². The number of rotatable bonds is 5. The first-order valence-electron chi connectivity index (χ1n) is 6.91. The molecule has 0 spiro atoms. The highest BCUT2D eigenvalue weighted by molar-refractivity contribution is 5.93. The largest absolute Gasteiger partial charge is 0.383 e. The van der Waals surface area contributed by atoms with Gasteiger partial charge in [0.25, 0.3) is 0 Å². The molecule has 1 aromatic carbocycles. The highest BCUT2D eigenvalue weighted by Gasteiger charge is 2.24. The van der Waals surface area contributed by atoms with Gasteiger partial charge < -0.3 is 9.64 Å². The van der Waals surface area contributed by atoms with Crippen LogP contribution in [0.25, 0.3) is 0 Å². The van der Waals surface area contributed by atoms with E-state index in [1.807, 2.05) is 37.2 Å². The van der Waals surface area contributed by atoms with E-state index < -0.39 is 0 Å². The van der Waals surface area contributed by atoms with Gasteiger partial charge in [-0.05, 0) is 11.6 Å². The van der Waals surface area contributed by atoms with E-state index >= 15 is 0 Å². The molecule has 1 heterocycles. The highest BCUT2D eigenvalue weighted by atomic mass is 16.5. The van der Waals surface area contributed by atoms with Gasteiger partial charge in [0.15, 0.2) is 5.78 Å². The van der Waals surface area contributed by atoms with Gasteiger partial charge in [-0.25, -0.2) is 0 Å². The second-order valence-electron chi connectivity index (χ2n) is 5.26. The number of carbonyl (C=O) groups excluding carboxylic acids is 1. The molecule has 0 aromatic heterocycles. The molecule has 0 bridgehead atoms. The Labute approximate surface area is 120 Å². The number of ether oxygens (including phenoxy) is 1. The van der Waals surface area contributed by atoms with Crippen molar-refractivity contribution in [2.75, 3.05) is 33.8 Å². The van der Waals surface area contributed by atoms with Crippen LogP contribution >= 0.6 is 0 Å². The van der Waals surface area contributed by atoms with E-state index in [-0.39, 0.29) is 11.9 Å². The summed E-state index contributed by atoms with van der Waals surface area (Å²) >= 11 is 0. The molecule has 1 saturated heterocycles. The third-order valence-electron chi connectivity index (χ3n) is 3.25. The minimum atomic E-state index is -0.344. The van der Waals surface area contributed by atoms with Gasteiger partial charge in [-0.1, -0.05) is 30.3 Å². The van der Waals surface area contributed by atoms with Crippen LogP contribution in [0.5, 0.6) is 0 Å². The summed E-state index contributed by atoms with van der Waals surface area (Å²) in [4.78, 5) is 16.2. The first-order valence-corrected chi connectivity index (χ1v) is 6.91. The second kappa shape index (κ2) is 7.22. The monoisotopic (exact) mass is 274 g/mol. The Balaban J connectivity index is 1.90. The van der Waals surface area contributed by atoms with Crippen molar-refractivity contribution in [2.45, 2.75) is 12.6 Å². The molecule has 0 radical (unpaired) electrons. The van der Waals surface area contributed by atoms with Gasteiger partial charge in [0.2, 0.25) is 0 Å². The summed E-state index contributed by atoms with van der Waals surface area (Å²) in [6.45, 7) is 3.01. The number of hydrogen-bond donors (Lipinski definition) is 0. The maximum Gasteiger partial charge on any atom is 0.187 e. The standard InChI is InChI=1S/C16H22N2O2/c1-17(2)9-8-15(19)16-13-18(10-11-20-16)12-14-6-4-3-5-7-14/h3-9,16H,10-13H2,1-2H3/b9-8+. The zero-order valence-corrected chi connectivity index (χ0v) is 12.2. The van der Waals surface area contributed by atoms with E-state index in [0.717, 1.165) is 13.1 Å². The summed E-state index contributed by atoms with van der Waals surface area (Å²) in [6.07, 6.45) is 3.02. The fourth-order valence-corrected chi connectivity index (χ4v) is 2.19. The number of carbonyl (C=O) groups is 1. The fourth-order valence-electron chi connectivity index (χ4n) is 2.19. The normalized spacial score (nSPS) is 20.2. The molecule has 1 aliphatic rings. The lowest BCUT2D eigenvalue weighted by molar-refractivity contribution is -0.131. The van der Waals surface area contributed by atoms with Crippen LogP contribution in [-0.4, -0.2) is 55.5 Å². The predicted molar refractivity (Wildman–Crippen MR) is 79.3 cm³/mol. The lowest BCUT2D eigenvalue weighted by atomic mass is 10.1. The van der Waals surface area contributed by atoms with Gasteiger partial charge in [0.05, 0.1) is 6.61 Å². The molecular weight excluding hydrogens is 252 g/mol. The lowest BCUT2D eigenvalue weighted by Crippen LogP contribution is -2.45. The Bertz CT molecular complexity index is 457. The third kappa shape index (κ3) is 4.47. The first kappa shape index (κ1) is 14.8. The Morgan fingerprint density at radius 1 is 1.40 bits per heavy atom. The predicted octanol–water partition coefficient (Wildman–Crippen LogP) is 1.53. The molecule has 20 heavy (non-hydrogen) atoms. The third-order valence-corrected chi connectivity index (χ3v) is 3.25. The Morgan fingerprint density at radius 2 is 2.15 bits per heavy atom. The number of benzene rings is 1. The van der Waals surface area contributed by atoms with Crippen molar-refractivity contribution in [3.63, 3.8) is 0 Å². The van der Waals surface area contributed by atoms with Crippen molar-refractivity contribution in [2.24, 2.45) is 0 Å². The number of hydrogen-bond acceptors (Lipinski definition) is 4. The van der Waals surface area contributed by atoms with Crippen LogP contribution in [0.15, 0.2) is 42.6 Å². The van der Waals surface area contributed by atoms with E-state index in [0.29, 0.717) is 13.2 Å². The van der Waals surface area contributed by atoms with Gasteiger partial charge in [-0.2, -0.15) is 0 Å². The molecule has 2 rings (SSSR count). The molecule has 0 amide bonds. The SMILES string of the molecule is CN(C)/C=C/C(=O)C1CN(Cc2ccccc2)CCO1. The maximum absolute atomic E-state index is 12.0. The maximum atomic E-state index is 12.0. The molecule has 108 valence electrons. The first-order chi connectivity index (χ1) is 9.65. The molecule has 0 aliphatic carbocycles. The van der Waals surface area contributed by atoms with Crippen molar-refractivity contribution < 1.29 is 9.53 Å². The second-order valence-corrected chi connectivity index (χ2v) is 5.26. The molecule has 1 aromatic rings. The van der Waals surface area contributed by atoms with Gasteiger partial charge in [0, 0.05) is 39.9 Å². The zero-order valence-electron chi connectivity index (χ0n) is 12.2. The molecule has 0 saturated carbocycles. The summed E-state index contributed by atoms with van der Waals surface area (Å²) < 4.78 is 5.58. The van der Waals surface area contributed by atoms with E-state index in [1.54, 1.807) is 12.3 Å². The van der Waals surface area contributed by atoms with Crippen LogP contribution in [0.2, 0.25) is 0 Å². The lowest BCUT2D eigenvalue weighted by Gasteiger charge is -2.31. The molecular formula is C16H22N2O2. The van der Waals surface area contributed by atoms with Crippen molar-refractivity contribution in [3.05, 3.63) is 48.2 Å². The average Bonchev–Trinajstić information content (AvgIpc) is 2.46. The topological polar surface area (TPSA) is 32.8 Å². The smallest absolute Gasteiger partial charge is 0.187 e. The summed E-state index contributed by atoms with van der Waals surface area (Å²) in [5.74, 6) is 0.0384. The molecule has 1 fully saturated rings. The number of morpholine rings is 1. The van der Waals surface area contributed by atoms with Gasteiger partial charge in [0.1, 0.15) is 6.10 Å². The molecule has 1 atom stereocenters. The number of ketones is 1. The van der Waals surface area contributed by atoms with Gasteiger partial charge in [-0.3, -0.25) is 9.69 Å². The Hall–Kier alpha value is -1.65. The minimum absolute atomic E-state index is 0.0384. The summed E-state index contributed by atoms with van der Waals surface area (Å²) in [6, 6.07) is 10.3. The molecule has 0 N–H and O–H groups in total. The zero-order chi connectivity index (χ0) is 14.4. The molecule has 4 nitrogen and oxygen atoms in total. The minimum Gasteiger partial charge on any atom is -0.383 e. The molecule has 1 unspecified atom stereocenters. The Kier molecular flexibility index (Phi) is 5.32. The van der Waals surface area contributed by atoms with Crippen LogP contribution in [0.3, 0.4) is 0 Å². The number of nitrogens with zero attached hydrogens (tertiary/aromatic N) is 2. The van der Waals surface area contributed by atoms with Crippen LogP contribution in [0, 0.1) is 0 Å². The Morgan fingerprint density at radius 3 is 2.85 bits per heavy atom. The quantitative estimate of drug-likeness (QED) is 0.762. The van der Waals surface area contributed by atoms with E-state index in [1.165, 1.54) is 5.56 Å². The summed E-state index contributed by atoms with van der Waals surface area (Å²) in [5.41, 5.74) is 1.27. The van der Waals surface area contributed by atoms with Crippen molar-refractivity contribution >= 4 is 5.78 Å². The van der Waals surface area contributed by atoms with E-state index in [2.05, 4.69) is 17.0 Å². The van der Waals surface area contributed by atoms with Crippen LogP contribution in [-0.2, 0) is 16.1 Å².